The van der Waals surface area contributed by atoms with Gasteiger partial charge in [-0.05, 0) is 18.6 Å². The van der Waals surface area contributed by atoms with Gasteiger partial charge in [0.05, 0.1) is 13.2 Å². The van der Waals surface area contributed by atoms with Crippen LogP contribution in [-0.2, 0) is 9.53 Å². The highest BCUT2D eigenvalue weighted by Gasteiger charge is 2.25. The lowest BCUT2D eigenvalue weighted by atomic mass is 10.1. The Morgan fingerprint density at radius 2 is 2.22 bits per heavy atom. The van der Waals surface area contributed by atoms with Crippen molar-refractivity contribution >= 4 is 11.6 Å². The lowest BCUT2D eigenvalue weighted by Crippen LogP contribution is -2.34. The summed E-state index contributed by atoms with van der Waals surface area (Å²) in [6.07, 6.45) is 1.05. The number of amides is 1. The highest BCUT2D eigenvalue weighted by Crippen LogP contribution is 2.16. The van der Waals surface area contributed by atoms with Crippen LogP contribution in [0.2, 0.25) is 0 Å². The summed E-state index contributed by atoms with van der Waals surface area (Å²) in [5.41, 5.74) is 0.985. The molecule has 1 unspecified atom stereocenters. The SMILES string of the molecule is COCC1CCN(C(=O)CNc2ccccc2)C1. The topological polar surface area (TPSA) is 41.6 Å². The van der Waals surface area contributed by atoms with Crippen LogP contribution in [0.15, 0.2) is 30.3 Å². The van der Waals surface area contributed by atoms with Gasteiger partial charge in [0, 0.05) is 31.8 Å². The molecule has 18 heavy (non-hydrogen) atoms. The molecule has 0 saturated carbocycles. The molecular formula is C14H20N2O2. The number of anilines is 1. The van der Waals surface area contributed by atoms with Gasteiger partial charge in [-0.15, -0.1) is 0 Å². The maximum Gasteiger partial charge on any atom is 0.241 e. The highest BCUT2D eigenvalue weighted by atomic mass is 16.5. The minimum absolute atomic E-state index is 0.164. The molecule has 1 N–H and O–H groups in total. The number of nitrogens with zero attached hydrogens (tertiary/aromatic N) is 1. The van der Waals surface area contributed by atoms with Gasteiger partial charge >= 0.3 is 0 Å². The molecule has 4 heteroatoms. The largest absolute Gasteiger partial charge is 0.384 e. The molecule has 1 fully saturated rings. The van der Waals surface area contributed by atoms with Crippen molar-refractivity contribution < 1.29 is 9.53 Å². The molecule has 4 nitrogen and oxygen atoms in total. The molecule has 0 aliphatic carbocycles. The van der Waals surface area contributed by atoms with Crippen molar-refractivity contribution in [2.24, 2.45) is 5.92 Å². The fourth-order valence-corrected chi connectivity index (χ4v) is 2.28. The van der Waals surface area contributed by atoms with Crippen LogP contribution in [0.3, 0.4) is 0 Å². The zero-order valence-electron chi connectivity index (χ0n) is 10.8. The molecule has 1 aliphatic heterocycles. The van der Waals surface area contributed by atoms with Gasteiger partial charge in [-0.2, -0.15) is 0 Å². The minimum Gasteiger partial charge on any atom is -0.384 e. The first kappa shape index (κ1) is 12.9. The fourth-order valence-electron chi connectivity index (χ4n) is 2.28. The quantitative estimate of drug-likeness (QED) is 0.860. The predicted octanol–water partition coefficient (Wildman–Crippen LogP) is 1.59. The van der Waals surface area contributed by atoms with Gasteiger partial charge in [0.2, 0.25) is 5.91 Å². The van der Waals surface area contributed by atoms with Crippen molar-refractivity contribution in [1.82, 2.24) is 4.90 Å². The molecule has 0 bridgehead atoms. The Morgan fingerprint density at radius 3 is 2.94 bits per heavy atom. The number of hydrogen-bond acceptors (Lipinski definition) is 3. The molecule has 0 spiro atoms. The average molecular weight is 248 g/mol. The van der Waals surface area contributed by atoms with E-state index in [2.05, 4.69) is 5.32 Å². The van der Waals surface area contributed by atoms with E-state index in [1.54, 1.807) is 7.11 Å². The molecule has 1 aromatic carbocycles. The number of rotatable bonds is 5. The van der Waals surface area contributed by atoms with E-state index in [1.807, 2.05) is 35.2 Å². The van der Waals surface area contributed by atoms with E-state index in [0.717, 1.165) is 31.8 Å². The molecule has 98 valence electrons. The van der Waals surface area contributed by atoms with Crippen LogP contribution in [-0.4, -0.2) is 44.2 Å². The molecule has 0 aromatic heterocycles. The van der Waals surface area contributed by atoms with Crippen molar-refractivity contribution in [3.8, 4) is 0 Å². The molecule has 1 saturated heterocycles. The van der Waals surface area contributed by atoms with E-state index in [9.17, 15) is 4.79 Å². The van der Waals surface area contributed by atoms with Crippen molar-refractivity contribution in [3.05, 3.63) is 30.3 Å². The molecule has 0 radical (unpaired) electrons. The van der Waals surface area contributed by atoms with Gasteiger partial charge < -0.3 is 15.0 Å². The third kappa shape index (κ3) is 3.47. The van der Waals surface area contributed by atoms with E-state index in [-0.39, 0.29) is 5.91 Å². The van der Waals surface area contributed by atoms with Crippen molar-refractivity contribution in [2.45, 2.75) is 6.42 Å². The van der Waals surface area contributed by atoms with Gasteiger partial charge in [-0.1, -0.05) is 18.2 Å². The summed E-state index contributed by atoms with van der Waals surface area (Å²) < 4.78 is 5.13. The predicted molar refractivity (Wildman–Crippen MR) is 71.5 cm³/mol. The van der Waals surface area contributed by atoms with E-state index < -0.39 is 0 Å². The van der Waals surface area contributed by atoms with Crippen molar-refractivity contribution in [2.75, 3.05) is 38.7 Å². The normalized spacial score (nSPS) is 18.9. The number of methoxy groups -OCH3 is 1. The first-order chi connectivity index (χ1) is 8.79. The van der Waals surface area contributed by atoms with Crippen LogP contribution in [0.1, 0.15) is 6.42 Å². The standard InChI is InChI=1S/C14H20N2O2/c1-18-11-12-7-8-16(10-12)14(17)9-15-13-5-3-2-4-6-13/h2-6,12,15H,7-11H2,1H3. The second-order valence-corrected chi connectivity index (χ2v) is 4.67. The molecule has 2 rings (SSSR count). The van der Waals surface area contributed by atoms with Gasteiger partial charge in [0.25, 0.3) is 0 Å². The summed E-state index contributed by atoms with van der Waals surface area (Å²) in [5, 5.41) is 3.15. The first-order valence-electron chi connectivity index (χ1n) is 6.35. The summed E-state index contributed by atoms with van der Waals surface area (Å²) in [6.45, 7) is 2.78. The monoisotopic (exact) mass is 248 g/mol. The Hall–Kier alpha value is -1.55. The number of nitrogens with one attached hydrogen (secondary N) is 1. The van der Waals surface area contributed by atoms with Gasteiger partial charge in [0.1, 0.15) is 0 Å². The lowest BCUT2D eigenvalue weighted by molar-refractivity contribution is -0.128. The molecule has 1 atom stereocenters. The van der Waals surface area contributed by atoms with Gasteiger partial charge in [-0.25, -0.2) is 0 Å². The number of carbonyl (C=O) groups excluding carboxylic acids is 1. The van der Waals surface area contributed by atoms with Crippen LogP contribution in [0.5, 0.6) is 0 Å². The number of hydrogen-bond donors (Lipinski definition) is 1. The maximum absolute atomic E-state index is 12.0. The number of ether oxygens (including phenoxy) is 1. The van der Waals surface area contributed by atoms with Crippen LogP contribution in [0.4, 0.5) is 5.69 Å². The zero-order chi connectivity index (χ0) is 12.8. The van der Waals surface area contributed by atoms with E-state index >= 15 is 0 Å². The Morgan fingerprint density at radius 1 is 1.44 bits per heavy atom. The van der Waals surface area contributed by atoms with Crippen LogP contribution in [0.25, 0.3) is 0 Å². The molecule has 1 aromatic rings. The van der Waals surface area contributed by atoms with Gasteiger partial charge in [-0.3, -0.25) is 4.79 Å². The molecular weight excluding hydrogens is 228 g/mol. The number of carbonyl (C=O) groups is 1. The molecule has 1 amide bonds. The zero-order valence-corrected chi connectivity index (χ0v) is 10.8. The van der Waals surface area contributed by atoms with Crippen molar-refractivity contribution in [1.29, 1.82) is 0 Å². The van der Waals surface area contributed by atoms with E-state index in [1.165, 1.54) is 0 Å². The Bertz CT molecular complexity index is 381. The summed E-state index contributed by atoms with van der Waals surface area (Å²) in [4.78, 5) is 13.9. The summed E-state index contributed by atoms with van der Waals surface area (Å²) >= 11 is 0. The number of para-hydroxylation sites is 1. The fraction of sp³-hybridized carbons (Fsp3) is 0.500. The molecule has 1 heterocycles. The Labute approximate surface area is 108 Å². The number of likely N-dealkylation sites (tertiary alicyclic amines) is 1. The minimum atomic E-state index is 0.164. The average Bonchev–Trinajstić information content (AvgIpc) is 2.86. The van der Waals surface area contributed by atoms with Crippen LogP contribution in [0, 0.1) is 5.92 Å². The first-order valence-corrected chi connectivity index (χ1v) is 6.35. The summed E-state index contributed by atoms with van der Waals surface area (Å²) in [5.74, 6) is 0.660. The second kappa shape index (κ2) is 6.40. The maximum atomic E-state index is 12.0. The Kier molecular flexibility index (Phi) is 4.59. The number of benzene rings is 1. The van der Waals surface area contributed by atoms with Crippen LogP contribution < -0.4 is 5.32 Å². The van der Waals surface area contributed by atoms with Crippen molar-refractivity contribution in [3.63, 3.8) is 0 Å². The summed E-state index contributed by atoms with van der Waals surface area (Å²) in [7, 11) is 1.71. The lowest BCUT2D eigenvalue weighted by Gasteiger charge is -2.17. The second-order valence-electron chi connectivity index (χ2n) is 4.67. The summed E-state index contributed by atoms with van der Waals surface area (Å²) in [6, 6.07) is 9.80. The van der Waals surface area contributed by atoms with Crippen LogP contribution >= 0.6 is 0 Å². The van der Waals surface area contributed by atoms with Gasteiger partial charge in [0.15, 0.2) is 0 Å². The highest BCUT2D eigenvalue weighted by molar-refractivity contribution is 5.81. The van der Waals surface area contributed by atoms with E-state index in [4.69, 9.17) is 4.74 Å². The van der Waals surface area contributed by atoms with E-state index in [0.29, 0.717) is 12.5 Å². The third-order valence-electron chi connectivity index (χ3n) is 3.26. The molecule has 1 aliphatic rings. The smallest absolute Gasteiger partial charge is 0.241 e. The third-order valence-corrected chi connectivity index (χ3v) is 3.26. The Balaban J connectivity index is 1.76.